The van der Waals surface area contributed by atoms with E-state index in [2.05, 4.69) is 22.0 Å². The van der Waals surface area contributed by atoms with Crippen LogP contribution in [0.4, 0.5) is 11.4 Å². The summed E-state index contributed by atoms with van der Waals surface area (Å²) < 4.78 is 5.59. The Morgan fingerprint density at radius 3 is 2.46 bits per heavy atom. The van der Waals surface area contributed by atoms with Crippen molar-refractivity contribution in [1.82, 2.24) is 4.90 Å². The summed E-state index contributed by atoms with van der Waals surface area (Å²) in [7, 11) is 0. The Bertz CT molecular complexity index is 1030. The largest absolute Gasteiger partial charge is 0.451 e. The molecular formula is C22H23N3O3. The van der Waals surface area contributed by atoms with Crippen LogP contribution in [0.3, 0.4) is 0 Å². The van der Waals surface area contributed by atoms with Gasteiger partial charge in [0.2, 0.25) is 0 Å². The van der Waals surface area contributed by atoms with E-state index >= 15 is 0 Å². The van der Waals surface area contributed by atoms with Gasteiger partial charge < -0.3 is 19.5 Å². The number of anilines is 2. The highest BCUT2D eigenvalue weighted by Gasteiger charge is 2.16. The summed E-state index contributed by atoms with van der Waals surface area (Å²) in [5, 5.41) is 3.26. The highest BCUT2D eigenvalue weighted by atomic mass is 16.3. The molecule has 1 aromatic heterocycles. The molecule has 2 aromatic carbocycles. The van der Waals surface area contributed by atoms with Gasteiger partial charge in [-0.2, -0.15) is 0 Å². The van der Waals surface area contributed by atoms with Crippen molar-refractivity contribution in [2.24, 2.45) is 0 Å². The minimum absolute atomic E-state index is 0.00321. The van der Waals surface area contributed by atoms with Crippen LogP contribution in [0, 0.1) is 0 Å². The minimum atomic E-state index is -0.438. The maximum Gasteiger partial charge on any atom is 0.291 e. The van der Waals surface area contributed by atoms with Crippen molar-refractivity contribution in [2.75, 3.05) is 42.9 Å². The number of nitrogens with one attached hydrogen (secondary N) is 1. The Labute approximate surface area is 163 Å². The summed E-state index contributed by atoms with van der Waals surface area (Å²) in [6.45, 7) is 7.41. The molecule has 0 atom stereocenters. The number of rotatable bonds is 4. The third kappa shape index (κ3) is 3.77. The lowest BCUT2D eigenvalue weighted by atomic mass is 10.2. The summed E-state index contributed by atoms with van der Waals surface area (Å²) in [4.78, 5) is 29.5. The van der Waals surface area contributed by atoms with Gasteiger partial charge in [-0.1, -0.05) is 19.1 Å². The van der Waals surface area contributed by atoms with Gasteiger partial charge in [-0.3, -0.25) is 9.59 Å². The monoisotopic (exact) mass is 377 g/mol. The van der Waals surface area contributed by atoms with Crippen LogP contribution >= 0.6 is 0 Å². The third-order valence-corrected chi connectivity index (χ3v) is 5.17. The van der Waals surface area contributed by atoms with Crippen LogP contribution in [0.15, 0.2) is 63.8 Å². The molecule has 1 amide bonds. The minimum Gasteiger partial charge on any atom is -0.451 e. The van der Waals surface area contributed by atoms with E-state index in [4.69, 9.17) is 4.42 Å². The predicted molar refractivity (Wildman–Crippen MR) is 111 cm³/mol. The quantitative estimate of drug-likeness (QED) is 0.756. The van der Waals surface area contributed by atoms with Crippen molar-refractivity contribution in [3.8, 4) is 0 Å². The van der Waals surface area contributed by atoms with Crippen LogP contribution in [0.25, 0.3) is 11.0 Å². The van der Waals surface area contributed by atoms with Gasteiger partial charge in [-0.15, -0.1) is 0 Å². The van der Waals surface area contributed by atoms with E-state index in [1.54, 1.807) is 24.3 Å². The molecule has 0 bridgehead atoms. The maximum atomic E-state index is 12.5. The summed E-state index contributed by atoms with van der Waals surface area (Å²) in [5.74, 6) is -0.435. The molecule has 6 nitrogen and oxygen atoms in total. The fourth-order valence-corrected chi connectivity index (χ4v) is 3.49. The molecule has 0 radical (unpaired) electrons. The second-order valence-corrected chi connectivity index (χ2v) is 6.89. The predicted octanol–water partition coefficient (Wildman–Crippen LogP) is 3.19. The number of carbonyl (C=O) groups is 1. The first-order chi connectivity index (χ1) is 13.6. The van der Waals surface area contributed by atoms with Crippen molar-refractivity contribution >= 4 is 28.3 Å². The lowest BCUT2D eigenvalue weighted by molar-refractivity contribution is 0.0997. The zero-order valence-corrected chi connectivity index (χ0v) is 15.9. The van der Waals surface area contributed by atoms with Gasteiger partial charge in [0.25, 0.3) is 5.91 Å². The maximum absolute atomic E-state index is 12.5. The standard InChI is InChI=1S/C22H23N3O3/c1-2-24-11-13-25(14-12-24)17-9-7-16(8-10-17)23-22(27)21-15-19(26)18-5-3-4-6-20(18)28-21/h3-10,15H,2,11-14H2,1H3,(H,23,27). The smallest absolute Gasteiger partial charge is 0.291 e. The van der Waals surface area contributed by atoms with E-state index < -0.39 is 5.91 Å². The third-order valence-electron chi connectivity index (χ3n) is 5.17. The van der Waals surface area contributed by atoms with Crippen molar-refractivity contribution < 1.29 is 9.21 Å². The summed E-state index contributed by atoms with van der Waals surface area (Å²) in [6.07, 6.45) is 0. The number of hydrogen-bond acceptors (Lipinski definition) is 5. The summed E-state index contributed by atoms with van der Waals surface area (Å²) in [5.41, 5.74) is 1.98. The Morgan fingerprint density at radius 2 is 1.75 bits per heavy atom. The lowest BCUT2D eigenvalue weighted by Crippen LogP contribution is -2.46. The van der Waals surface area contributed by atoms with E-state index in [9.17, 15) is 9.59 Å². The fourth-order valence-electron chi connectivity index (χ4n) is 3.49. The molecule has 0 saturated carbocycles. The molecule has 1 N–H and O–H groups in total. The van der Waals surface area contributed by atoms with E-state index in [0.717, 1.165) is 38.4 Å². The Balaban J connectivity index is 1.46. The molecule has 144 valence electrons. The topological polar surface area (TPSA) is 65.8 Å². The van der Waals surface area contributed by atoms with E-state index in [1.165, 1.54) is 6.07 Å². The van der Waals surface area contributed by atoms with E-state index in [1.807, 2.05) is 24.3 Å². The molecule has 3 aromatic rings. The number of fused-ring (bicyclic) bond motifs is 1. The van der Waals surface area contributed by atoms with Gasteiger partial charge in [0.15, 0.2) is 11.2 Å². The van der Waals surface area contributed by atoms with Gasteiger partial charge >= 0.3 is 0 Å². The molecule has 0 aliphatic carbocycles. The van der Waals surface area contributed by atoms with Crippen LogP contribution in [0.2, 0.25) is 0 Å². The molecule has 28 heavy (non-hydrogen) atoms. The molecule has 0 spiro atoms. The number of carbonyl (C=O) groups excluding carboxylic acids is 1. The fraction of sp³-hybridized carbons (Fsp3) is 0.273. The summed E-state index contributed by atoms with van der Waals surface area (Å²) in [6, 6.07) is 15.9. The molecule has 1 aliphatic rings. The Kier molecular flexibility index (Phi) is 5.12. The second kappa shape index (κ2) is 7.86. The number of hydrogen-bond donors (Lipinski definition) is 1. The van der Waals surface area contributed by atoms with Gasteiger partial charge in [0.1, 0.15) is 5.58 Å². The zero-order chi connectivity index (χ0) is 19.5. The lowest BCUT2D eigenvalue weighted by Gasteiger charge is -2.35. The number of nitrogens with zero attached hydrogens (tertiary/aromatic N) is 2. The van der Waals surface area contributed by atoms with Gasteiger partial charge in [-0.05, 0) is 42.9 Å². The number of likely N-dealkylation sites (N-methyl/N-ethyl adjacent to an activating group) is 1. The average molecular weight is 377 g/mol. The first-order valence-corrected chi connectivity index (χ1v) is 9.55. The number of amides is 1. The van der Waals surface area contributed by atoms with Gasteiger partial charge in [0.05, 0.1) is 5.39 Å². The van der Waals surface area contributed by atoms with Gasteiger partial charge in [0, 0.05) is 43.6 Å². The van der Waals surface area contributed by atoms with Crippen LogP contribution < -0.4 is 15.6 Å². The van der Waals surface area contributed by atoms with E-state index in [0.29, 0.717) is 16.7 Å². The molecule has 2 heterocycles. The van der Waals surface area contributed by atoms with Gasteiger partial charge in [-0.25, -0.2) is 0 Å². The number of para-hydroxylation sites is 1. The van der Waals surface area contributed by atoms with Crippen LogP contribution in [-0.4, -0.2) is 43.5 Å². The molecule has 6 heteroatoms. The Morgan fingerprint density at radius 1 is 1.04 bits per heavy atom. The van der Waals surface area contributed by atoms with Crippen molar-refractivity contribution in [3.63, 3.8) is 0 Å². The van der Waals surface area contributed by atoms with Crippen molar-refractivity contribution in [1.29, 1.82) is 0 Å². The molecule has 1 saturated heterocycles. The van der Waals surface area contributed by atoms with Crippen molar-refractivity contribution in [3.05, 3.63) is 70.6 Å². The highest BCUT2D eigenvalue weighted by molar-refractivity contribution is 6.03. The average Bonchev–Trinajstić information content (AvgIpc) is 2.74. The second-order valence-electron chi connectivity index (χ2n) is 6.89. The number of benzene rings is 2. The molecule has 1 aliphatic heterocycles. The molecule has 4 rings (SSSR count). The van der Waals surface area contributed by atoms with Crippen LogP contribution in [0.5, 0.6) is 0 Å². The van der Waals surface area contributed by atoms with Crippen molar-refractivity contribution in [2.45, 2.75) is 6.92 Å². The first-order valence-electron chi connectivity index (χ1n) is 9.55. The highest BCUT2D eigenvalue weighted by Crippen LogP contribution is 2.20. The molecule has 0 unspecified atom stereocenters. The molecule has 1 fully saturated rings. The zero-order valence-electron chi connectivity index (χ0n) is 15.9. The Hall–Kier alpha value is -3.12. The molecular weight excluding hydrogens is 354 g/mol. The SMILES string of the molecule is CCN1CCN(c2ccc(NC(=O)c3cc(=O)c4ccccc4o3)cc2)CC1. The number of piperazine rings is 1. The van der Waals surface area contributed by atoms with E-state index in [-0.39, 0.29) is 11.2 Å². The van der Waals surface area contributed by atoms with Crippen LogP contribution in [-0.2, 0) is 0 Å². The summed E-state index contributed by atoms with van der Waals surface area (Å²) >= 11 is 0. The first kappa shape index (κ1) is 18.3. The normalized spacial score (nSPS) is 15.0. The van der Waals surface area contributed by atoms with Crippen LogP contribution in [0.1, 0.15) is 17.5 Å².